The lowest BCUT2D eigenvalue weighted by molar-refractivity contribution is -0.390. The third kappa shape index (κ3) is 2.37. The molecule has 1 N–H and O–H groups in total. The predicted octanol–water partition coefficient (Wildman–Crippen LogP) is 2.02. The molecule has 1 aromatic heterocycles. The van der Waals surface area contributed by atoms with Crippen molar-refractivity contribution in [3.05, 3.63) is 31.0 Å². The first-order valence-electron chi connectivity index (χ1n) is 3.69. The van der Waals surface area contributed by atoms with Crippen LogP contribution in [0.3, 0.4) is 0 Å². The zero-order chi connectivity index (χ0) is 11.6. The zero-order valence-corrected chi connectivity index (χ0v) is 9.31. The second-order valence-corrected chi connectivity index (χ2v) is 3.63. The fraction of sp³-hybridized carbons (Fsp3) is 0.286. The molecule has 0 saturated carbocycles. The molecule has 0 spiro atoms. The van der Waals surface area contributed by atoms with Gasteiger partial charge in [-0.15, -0.1) is 0 Å². The maximum absolute atomic E-state index is 12.6. The number of pyridine rings is 1. The van der Waals surface area contributed by atoms with E-state index in [1.165, 1.54) is 22.6 Å². The molecule has 0 aliphatic carbocycles. The van der Waals surface area contributed by atoms with Crippen molar-refractivity contribution in [3.63, 3.8) is 0 Å². The molecule has 82 valence electrons. The van der Waals surface area contributed by atoms with Crippen LogP contribution in [0.15, 0.2) is 6.20 Å². The monoisotopic (exact) mass is 330 g/mol. The second kappa shape index (κ2) is 4.75. The van der Waals surface area contributed by atoms with Gasteiger partial charge in [-0.1, -0.05) is 0 Å². The Morgan fingerprint density at radius 1 is 1.67 bits per heavy atom. The van der Waals surface area contributed by atoms with Gasteiger partial charge in [-0.2, -0.15) is 0 Å². The van der Waals surface area contributed by atoms with Crippen LogP contribution >= 0.6 is 22.6 Å². The molecule has 0 aliphatic heterocycles. The minimum Gasteiger partial charge on any atom is -0.392 e. The lowest BCUT2D eigenvalue weighted by Crippen LogP contribution is -2.04. The normalized spacial score (nSPS) is 10.7. The van der Waals surface area contributed by atoms with Crippen LogP contribution in [0.25, 0.3) is 0 Å². The molecule has 0 unspecified atom stereocenters. The SMILES string of the molecule is O=[N+]([O-])c1ncc(CO)c(C(F)F)c1I. The smallest absolute Gasteiger partial charge is 0.377 e. The van der Waals surface area contributed by atoms with E-state index < -0.39 is 29.3 Å². The fourth-order valence-electron chi connectivity index (χ4n) is 1.02. The lowest BCUT2D eigenvalue weighted by atomic mass is 10.1. The Bertz CT molecular complexity index is 400. The van der Waals surface area contributed by atoms with Gasteiger partial charge in [0.05, 0.1) is 6.61 Å². The Kier molecular flexibility index (Phi) is 3.85. The van der Waals surface area contributed by atoms with Crippen molar-refractivity contribution in [3.8, 4) is 0 Å². The van der Waals surface area contributed by atoms with Gasteiger partial charge < -0.3 is 15.2 Å². The maximum Gasteiger partial charge on any atom is 0.377 e. The Balaban J connectivity index is 3.42. The highest BCUT2D eigenvalue weighted by Gasteiger charge is 2.26. The molecule has 0 atom stereocenters. The molecule has 0 radical (unpaired) electrons. The van der Waals surface area contributed by atoms with Crippen LogP contribution in [0.1, 0.15) is 17.6 Å². The van der Waals surface area contributed by atoms with E-state index in [0.717, 1.165) is 6.20 Å². The number of alkyl halides is 2. The predicted molar refractivity (Wildman–Crippen MR) is 54.5 cm³/mol. The van der Waals surface area contributed by atoms with Crippen LogP contribution in [-0.2, 0) is 6.61 Å². The van der Waals surface area contributed by atoms with Crippen molar-refractivity contribution in [2.24, 2.45) is 0 Å². The summed E-state index contributed by atoms with van der Waals surface area (Å²) in [6.07, 6.45) is -1.98. The van der Waals surface area contributed by atoms with Gasteiger partial charge in [0.25, 0.3) is 6.43 Å². The summed E-state index contributed by atoms with van der Waals surface area (Å²) < 4.78 is 24.9. The molecule has 8 heteroatoms. The Labute approximate surface area is 96.4 Å². The summed E-state index contributed by atoms with van der Waals surface area (Å²) in [5, 5.41) is 19.2. The van der Waals surface area contributed by atoms with Crippen LogP contribution in [0, 0.1) is 13.7 Å². The highest BCUT2D eigenvalue weighted by atomic mass is 127. The van der Waals surface area contributed by atoms with Crippen LogP contribution in [0.4, 0.5) is 14.6 Å². The zero-order valence-electron chi connectivity index (χ0n) is 7.15. The Morgan fingerprint density at radius 3 is 2.67 bits per heavy atom. The average Bonchev–Trinajstić information content (AvgIpc) is 2.15. The summed E-state index contributed by atoms with van der Waals surface area (Å²) in [7, 11) is 0. The van der Waals surface area contributed by atoms with E-state index in [-0.39, 0.29) is 9.13 Å². The Morgan fingerprint density at radius 2 is 2.27 bits per heavy atom. The van der Waals surface area contributed by atoms with Crippen LogP contribution < -0.4 is 0 Å². The quantitative estimate of drug-likeness (QED) is 0.523. The number of hydrogen-bond donors (Lipinski definition) is 1. The molecule has 0 aromatic carbocycles. The van der Waals surface area contributed by atoms with E-state index >= 15 is 0 Å². The largest absolute Gasteiger partial charge is 0.392 e. The number of rotatable bonds is 3. The first kappa shape index (κ1) is 12.2. The van der Waals surface area contributed by atoms with Crippen LogP contribution in [0.2, 0.25) is 0 Å². The summed E-state index contributed by atoms with van der Waals surface area (Å²) in [6.45, 7) is -0.624. The summed E-state index contributed by atoms with van der Waals surface area (Å²) in [4.78, 5) is 13.0. The van der Waals surface area contributed by atoms with Gasteiger partial charge in [-0.05, 0) is 32.5 Å². The molecule has 0 saturated heterocycles. The molecule has 1 aromatic rings. The molecular formula is C7H5F2IN2O3. The van der Waals surface area contributed by atoms with Gasteiger partial charge in [0.2, 0.25) is 0 Å². The molecule has 15 heavy (non-hydrogen) atoms. The fourth-order valence-corrected chi connectivity index (χ4v) is 1.93. The van der Waals surface area contributed by atoms with Crippen molar-refractivity contribution in [2.45, 2.75) is 13.0 Å². The van der Waals surface area contributed by atoms with E-state index in [9.17, 15) is 18.9 Å². The number of hydrogen-bond acceptors (Lipinski definition) is 4. The minimum absolute atomic E-state index is 0.0972. The number of aromatic nitrogens is 1. The molecule has 0 bridgehead atoms. The number of halogens is 3. The third-order valence-electron chi connectivity index (χ3n) is 1.68. The molecule has 0 fully saturated rings. The summed E-state index contributed by atoms with van der Waals surface area (Å²) in [5.41, 5.74) is -0.625. The highest BCUT2D eigenvalue weighted by Crippen LogP contribution is 2.32. The molecule has 5 nitrogen and oxygen atoms in total. The molecule has 1 heterocycles. The topological polar surface area (TPSA) is 76.3 Å². The molecule has 0 amide bonds. The highest BCUT2D eigenvalue weighted by molar-refractivity contribution is 14.1. The number of nitro groups is 1. The van der Waals surface area contributed by atoms with Gasteiger partial charge in [-0.25, -0.2) is 8.78 Å². The van der Waals surface area contributed by atoms with Gasteiger partial charge >= 0.3 is 5.82 Å². The molecule has 1 rings (SSSR count). The van der Waals surface area contributed by atoms with E-state index in [2.05, 4.69) is 4.98 Å². The maximum atomic E-state index is 12.6. The minimum atomic E-state index is -2.87. The van der Waals surface area contributed by atoms with Crippen molar-refractivity contribution < 1.29 is 18.8 Å². The van der Waals surface area contributed by atoms with Gasteiger partial charge in [-0.3, -0.25) is 0 Å². The van der Waals surface area contributed by atoms with Crippen molar-refractivity contribution in [1.82, 2.24) is 4.98 Å². The summed E-state index contributed by atoms with van der Waals surface area (Å²) in [5.74, 6) is -0.622. The first-order chi connectivity index (χ1) is 6.99. The van der Waals surface area contributed by atoms with E-state index in [4.69, 9.17) is 5.11 Å². The third-order valence-corrected chi connectivity index (χ3v) is 2.75. The number of aliphatic hydroxyl groups is 1. The number of aliphatic hydroxyl groups excluding tert-OH is 1. The van der Waals surface area contributed by atoms with Gasteiger partial charge in [0.1, 0.15) is 9.77 Å². The summed E-state index contributed by atoms with van der Waals surface area (Å²) >= 11 is 1.43. The van der Waals surface area contributed by atoms with E-state index in [1.807, 2.05) is 0 Å². The lowest BCUT2D eigenvalue weighted by Gasteiger charge is -2.07. The first-order valence-corrected chi connectivity index (χ1v) is 4.77. The van der Waals surface area contributed by atoms with Gasteiger partial charge in [0, 0.05) is 11.1 Å². The standard InChI is InChI=1S/C7H5F2IN2O3/c8-6(9)4-3(2-13)1-11-7(5(4)10)12(14)15/h1,6,13H,2H2. The van der Waals surface area contributed by atoms with Crippen molar-refractivity contribution >= 4 is 28.4 Å². The van der Waals surface area contributed by atoms with E-state index in [1.54, 1.807) is 0 Å². The van der Waals surface area contributed by atoms with Crippen LogP contribution in [0.5, 0.6) is 0 Å². The summed E-state index contributed by atoms with van der Waals surface area (Å²) in [6, 6.07) is 0. The van der Waals surface area contributed by atoms with E-state index in [0.29, 0.717) is 0 Å². The van der Waals surface area contributed by atoms with Crippen LogP contribution in [-0.4, -0.2) is 15.0 Å². The second-order valence-electron chi connectivity index (χ2n) is 2.55. The molecular weight excluding hydrogens is 325 g/mol. The molecule has 0 aliphatic rings. The average molecular weight is 330 g/mol. The van der Waals surface area contributed by atoms with Crippen molar-refractivity contribution in [2.75, 3.05) is 0 Å². The Hall–Kier alpha value is -0.900. The van der Waals surface area contributed by atoms with Gasteiger partial charge in [0.15, 0.2) is 0 Å². The van der Waals surface area contributed by atoms with Crippen molar-refractivity contribution in [1.29, 1.82) is 0 Å². The number of nitrogens with zero attached hydrogens (tertiary/aromatic N) is 2.